The number of aromatic nitrogens is 1. The van der Waals surface area contributed by atoms with Crippen LogP contribution in [0.15, 0.2) is 48.5 Å². The van der Waals surface area contributed by atoms with Crippen molar-refractivity contribution in [1.29, 1.82) is 0 Å². The molecule has 11 heteroatoms. The summed E-state index contributed by atoms with van der Waals surface area (Å²) in [5, 5.41) is 3.31. The molecule has 0 spiro atoms. The Morgan fingerprint density at radius 2 is 1.83 bits per heavy atom. The molecule has 0 aliphatic carbocycles. The zero-order chi connectivity index (χ0) is 21.2. The molecule has 1 atom stereocenters. The van der Waals surface area contributed by atoms with Gasteiger partial charge in [0, 0.05) is 5.56 Å². The molecule has 29 heavy (non-hydrogen) atoms. The van der Waals surface area contributed by atoms with Gasteiger partial charge in [0.25, 0.3) is 5.91 Å². The summed E-state index contributed by atoms with van der Waals surface area (Å²) in [4.78, 5) is 28.6. The Kier molecular flexibility index (Phi) is 5.42. The Morgan fingerprint density at radius 1 is 1.10 bits per heavy atom. The molecule has 3 rings (SSSR count). The normalized spacial score (nSPS) is 13.6. The third kappa shape index (κ3) is 3.99. The summed E-state index contributed by atoms with van der Waals surface area (Å²) in [7, 11) is 0.747. The van der Waals surface area contributed by atoms with Gasteiger partial charge in [0.2, 0.25) is 0 Å². The predicted molar refractivity (Wildman–Crippen MR) is 97.9 cm³/mol. The van der Waals surface area contributed by atoms with Crippen molar-refractivity contribution in [2.24, 2.45) is 0 Å². The van der Waals surface area contributed by atoms with E-state index in [0.29, 0.717) is 10.2 Å². The maximum atomic E-state index is 14.0. The molecule has 0 aliphatic rings. The molecule has 0 saturated heterocycles. The van der Waals surface area contributed by atoms with Gasteiger partial charge < -0.3 is 15.4 Å². The van der Waals surface area contributed by atoms with Crippen molar-refractivity contribution in [3.8, 4) is 0 Å². The van der Waals surface area contributed by atoms with Crippen molar-refractivity contribution >= 4 is 38.6 Å². The van der Waals surface area contributed by atoms with Crippen LogP contribution >= 0.6 is 11.3 Å². The number of carbonyl (C=O) groups excluding carboxylic acids is 2. The number of methoxy groups -OCH3 is 1. The van der Waals surface area contributed by atoms with Crippen LogP contribution < -0.4 is 10.6 Å². The van der Waals surface area contributed by atoms with Gasteiger partial charge in [0.15, 0.2) is 5.13 Å². The first-order valence-electron chi connectivity index (χ1n) is 8.03. The number of thiazole rings is 1. The third-order valence-corrected chi connectivity index (χ3v) is 4.84. The number of rotatable bonds is 5. The minimum atomic E-state index is -5.32. The number of para-hydroxylation sites is 1. The quantitative estimate of drug-likeness (QED) is 0.369. The molecule has 0 saturated carbocycles. The van der Waals surface area contributed by atoms with E-state index in [1.807, 2.05) is 5.32 Å². The average molecular weight is 427 g/mol. The molecule has 0 aliphatic heterocycles. The molecule has 1 aromatic heterocycles. The van der Waals surface area contributed by atoms with E-state index in [4.69, 9.17) is 0 Å². The van der Waals surface area contributed by atoms with E-state index in [9.17, 15) is 27.2 Å². The van der Waals surface area contributed by atoms with Crippen LogP contribution in [0.1, 0.15) is 10.4 Å². The second kappa shape index (κ2) is 7.66. The largest absolute Gasteiger partial charge is 0.466 e. The fraction of sp³-hybridized carbons (Fsp3) is 0.167. The van der Waals surface area contributed by atoms with Crippen LogP contribution in [0.3, 0.4) is 0 Å². The molecule has 152 valence electrons. The number of carbonyl (C=O) groups is 2. The zero-order valence-electron chi connectivity index (χ0n) is 14.7. The molecule has 2 aromatic carbocycles. The average Bonchev–Trinajstić information content (AvgIpc) is 3.08. The predicted octanol–water partition coefficient (Wildman–Crippen LogP) is 3.71. The maximum absolute atomic E-state index is 14.0. The fourth-order valence-electron chi connectivity index (χ4n) is 2.50. The smallest absolute Gasteiger partial charge is 0.442 e. The van der Waals surface area contributed by atoms with Gasteiger partial charge in [-0.05, 0) is 30.3 Å². The molecule has 2 N–H and O–H groups in total. The van der Waals surface area contributed by atoms with E-state index >= 15 is 0 Å². The Balaban J connectivity index is 2.05. The molecule has 1 heterocycles. The van der Waals surface area contributed by atoms with Crippen LogP contribution in [-0.2, 0) is 9.53 Å². The van der Waals surface area contributed by atoms with Crippen LogP contribution in [0.4, 0.5) is 22.7 Å². The van der Waals surface area contributed by atoms with Crippen molar-refractivity contribution in [2.45, 2.75) is 11.8 Å². The van der Waals surface area contributed by atoms with Crippen molar-refractivity contribution in [1.82, 2.24) is 10.3 Å². The number of anilines is 1. The minimum absolute atomic E-state index is 0.270. The van der Waals surface area contributed by atoms with Gasteiger partial charge in [-0.2, -0.15) is 13.2 Å². The number of hydrogen-bond donors (Lipinski definition) is 2. The van der Waals surface area contributed by atoms with Crippen LogP contribution in [0.5, 0.6) is 0 Å². The SMILES string of the molecule is COC(=O)C(NC(=O)c1cccc(F)c1)(Nc1nc2ccccc2s1)C(F)(F)F. The van der Waals surface area contributed by atoms with Crippen LogP contribution in [0, 0.1) is 5.82 Å². The molecule has 1 unspecified atom stereocenters. The number of alkyl halides is 3. The number of ether oxygens (including phenoxy) is 1. The van der Waals surface area contributed by atoms with E-state index in [1.165, 1.54) is 0 Å². The highest BCUT2D eigenvalue weighted by molar-refractivity contribution is 7.22. The van der Waals surface area contributed by atoms with Gasteiger partial charge in [-0.25, -0.2) is 14.2 Å². The fourth-order valence-corrected chi connectivity index (χ4v) is 3.42. The van der Waals surface area contributed by atoms with Gasteiger partial charge >= 0.3 is 17.8 Å². The van der Waals surface area contributed by atoms with Gasteiger partial charge in [-0.1, -0.05) is 29.5 Å². The van der Waals surface area contributed by atoms with Crippen LogP contribution in [-0.4, -0.2) is 35.8 Å². The Morgan fingerprint density at radius 3 is 2.45 bits per heavy atom. The first-order chi connectivity index (χ1) is 13.7. The summed E-state index contributed by atoms with van der Waals surface area (Å²) in [6, 6.07) is 10.6. The Labute approximate surface area is 165 Å². The molecule has 0 bridgehead atoms. The zero-order valence-corrected chi connectivity index (χ0v) is 15.5. The summed E-state index contributed by atoms with van der Waals surface area (Å²) in [6.07, 6.45) is -5.32. The third-order valence-electron chi connectivity index (χ3n) is 3.89. The molecule has 0 radical (unpaired) electrons. The first-order valence-corrected chi connectivity index (χ1v) is 8.85. The van der Waals surface area contributed by atoms with E-state index < -0.39 is 35.1 Å². The van der Waals surface area contributed by atoms with Crippen LogP contribution in [0.25, 0.3) is 10.2 Å². The van der Waals surface area contributed by atoms with Crippen molar-refractivity contribution < 1.29 is 31.9 Å². The highest BCUT2D eigenvalue weighted by atomic mass is 32.1. The second-order valence-electron chi connectivity index (χ2n) is 5.82. The topological polar surface area (TPSA) is 80.3 Å². The molecular formula is C18H13F4N3O3S. The summed E-state index contributed by atoms with van der Waals surface area (Å²) in [6.45, 7) is 0. The highest BCUT2D eigenvalue weighted by Crippen LogP contribution is 2.36. The standard InChI is InChI=1S/C18H13F4N3O3S/c1-28-15(27)17(18(20,21)22,24-14(26)10-5-4-6-11(19)9-10)25-16-23-12-7-2-3-8-13(12)29-16/h2-9H,1H3,(H,23,25)(H,24,26). The second-order valence-corrected chi connectivity index (χ2v) is 6.85. The van der Waals surface area contributed by atoms with Gasteiger partial charge in [-0.3, -0.25) is 4.79 Å². The summed E-state index contributed by atoms with van der Waals surface area (Å²) < 4.78 is 60.3. The first kappa shape index (κ1) is 20.5. The summed E-state index contributed by atoms with van der Waals surface area (Å²) in [5.74, 6) is -3.97. The maximum Gasteiger partial charge on any atom is 0.442 e. The molecule has 0 fully saturated rings. The lowest BCUT2D eigenvalue weighted by Crippen LogP contribution is -2.69. The number of hydrogen-bond acceptors (Lipinski definition) is 6. The molecule has 6 nitrogen and oxygen atoms in total. The van der Waals surface area contributed by atoms with Gasteiger partial charge in [0.05, 0.1) is 17.3 Å². The summed E-state index contributed by atoms with van der Waals surface area (Å²) in [5.41, 5.74) is -3.65. The molecule has 3 aromatic rings. The minimum Gasteiger partial charge on any atom is -0.466 e. The summed E-state index contributed by atoms with van der Waals surface area (Å²) >= 11 is 0.852. The van der Waals surface area contributed by atoms with Crippen molar-refractivity contribution in [3.05, 3.63) is 59.9 Å². The van der Waals surface area contributed by atoms with E-state index in [0.717, 1.165) is 42.7 Å². The van der Waals surface area contributed by atoms with Gasteiger partial charge in [-0.15, -0.1) is 0 Å². The lowest BCUT2D eigenvalue weighted by Gasteiger charge is -2.34. The number of esters is 1. The lowest BCUT2D eigenvalue weighted by atomic mass is 10.1. The van der Waals surface area contributed by atoms with E-state index in [-0.39, 0.29) is 5.13 Å². The number of nitrogens with zero attached hydrogens (tertiary/aromatic N) is 1. The number of amides is 1. The number of benzene rings is 2. The van der Waals surface area contributed by atoms with Crippen molar-refractivity contribution in [3.63, 3.8) is 0 Å². The van der Waals surface area contributed by atoms with Gasteiger partial charge in [0.1, 0.15) is 5.82 Å². The monoisotopic (exact) mass is 427 g/mol. The number of nitrogens with one attached hydrogen (secondary N) is 2. The van der Waals surface area contributed by atoms with E-state index in [2.05, 4.69) is 9.72 Å². The van der Waals surface area contributed by atoms with Crippen molar-refractivity contribution in [2.75, 3.05) is 12.4 Å². The highest BCUT2D eigenvalue weighted by Gasteiger charge is 2.64. The Bertz CT molecular complexity index is 1040. The lowest BCUT2D eigenvalue weighted by molar-refractivity contribution is -0.203. The molecular weight excluding hydrogens is 414 g/mol. The van der Waals surface area contributed by atoms with E-state index in [1.54, 1.807) is 29.6 Å². The Hall–Kier alpha value is -3.21. The number of fused-ring (bicyclic) bond motifs is 1. The van der Waals surface area contributed by atoms with Crippen LogP contribution in [0.2, 0.25) is 0 Å². The molecule has 1 amide bonds. The number of halogens is 4.